The van der Waals surface area contributed by atoms with Crippen LogP contribution in [0.3, 0.4) is 0 Å². The monoisotopic (exact) mass is 260 g/mol. The Morgan fingerprint density at radius 3 is 2.70 bits per heavy atom. The summed E-state index contributed by atoms with van der Waals surface area (Å²) in [4.78, 5) is 10.4. The normalized spacial score (nSPS) is 9.00. The lowest BCUT2D eigenvalue weighted by atomic mass is 10.5. The van der Waals surface area contributed by atoms with Crippen LogP contribution in [0.25, 0.3) is 0 Å². The van der Waals surface area contributed by atoms with Gasteiger partial charge in [0.1, 0.15) is 23.0 Å². The highest BCUT2D eigenvalue weighted by Crippen LogP contribution is 1.90. The SMILES string of the molecule is CCCOC(=O)OCOI. The van der Waals surface area contributed by atoms with Gasteiger partial charge >= 0.3 is 6.16 Å². The largest absolute Gasteiger partial charge is 0.510 e. The summed E-state index contributed by atoms with van der Waals surface area (Å²) in [5.74, 6) is 0. The topological polar surface area (TPSA) is 44.8 Å². The molecule has 0 saturated heterocycles. The number of carbonyl (C=O) groups is 1. The third kappa shape index (κ3) is 6.09. The summed E-state index contributed by atoms with van der Waals surface area (Å²) in [5.41, 5.74) is 0. The maximum absolute atomic E-state index is 10.4. The van der Waals surface area contributed by atoms with Crippen LogP contribution in [0, 0.1) is 0 Å². The zero-order valence-electron chi connectivity index (χ0n) is 5.63. The standard InChI is InChI=1S/C5H9IO4/c1-2-3-8-5(7)9-4-10-6/h2-4H2,1H3. The molecule has 0 aromatic heterocycles. The van der Waals surface area contributed by atoms with Crippen molar-refractivity contribution >= 4 is 29.2 Å². The van der Waals surface area contributed by atoms with Crippen molar-refractivity contribution in [2.24, 2.45) is 0 Å². The predicted octanol–water partition coefficient (Wildman–Crippen LogP) is 1.87. The molecule has 0 N–H and O–H groups in total. The maximum atomic E-state index is 10.4. The molecule has 0 aliphatic carbocycles. The van der Waals surface area contributed by atoms with E-state index in [4.69, 9.17) is 0 Å². The second-order valence-corrected chi connectivity index (χ2v) is 2.09. The van der Waals surface area contributed by atoms with E-state index in [9.17, 15) is 4.79 Å². The molecule has 0 fully saturated rings. The van der Waals surface area contributed by atoms with Gasteiger partial charge in [-0.15, -0.1) is 0 Å². The molecule has 0 rings (SSSR count). The minimum atomic E-state index is -0.682. The molecule has 0 unspecified atom stereocenters. The summed E-state index contributed by atoms with van der Waals surface area (Å²) in [6, 6.07) is 0. The van der Waals surface area contributed by atoms with Crippen molar-refractivity contribution in [3.63, 3.8) is 0 Å². The first-order valence-corrected chi connectivity index (χ1v) is 3.72. The third-order valence-electron chi connectivity index (χ3n) is 0.645. The lowest BCUT2D eigenvalue weighted by Gasteiger charge is -2.01. The van der Waals surface area contributed by atoms with Crippen LogP contribution >= 0.6 is 23.0 Å². The van der Waals surface area contributed by atoms with Crippen LogP contribution in [0.15, 0.2) is 0 Å². The molecule has 0 aromatic carbocycles. The van der Waals surface area contributed by atoms with Crippen LogP contribution < -0.4 is 0 Å². The van der Waals surface area contributed by atoms with Crippen molar-refractivity contribution in [3.05, 3.63) is 0 Å². The van der Waals surface area contributed by atoms with Crippen LogP contribution in [0.5, 0.6) is 0 Å². The number of rotatable bonds is 4. The molecule has 10 heavy (non-hydrogen) atoms. The van der Waals surface area contributed by atoms with Gasteiger partial charge in [-0.05, 0) is 6.42 Å². The third-order valence-corrected chi connectivity index (χ3v) is 0.900. The molecular formula is C5H9IO4. The molecular weight excluding hydrogens is 251 g/mol. The highest BCUT2D eigenvalue weighted by molar-refractivity contribution is 14.1. The van der Waals surface area contributed by atoms with Crippen molar-refractivity contribution in [1.29, 1.82) is 0 Å². The Kier molecular flexibility index (Phi) is 7.04. The van der Waals surface area contributed by atoms with Crippen molar-refractivity contribution in [1.82, 2.24) is 0 Å². The molecule has 0 saturated carbocycles. The van der Waals surface area contributed by atoms with E-state index in [0.717, 1.165) is 6.42 Å². The molecule has 0 heterocycles. The molecule has 0 atom stereocenters. The van der Waals surface area contributed by atoms with E-state index in [1.54, 1.807) is 23.0 Å². The fraction of sp³-hybridized carbons (Fsp3) is 0.800. The Morgan fingerprint density at radius 1 is 1.50 bits per heavy atom. The molecule has 4 nitrogen and oxygen atoms in total. The Balaban J connectivity index is 3.09. The fourth-order valence-corrected chi connectivity index (χ4v) is 0.425. The van der Waals surface area contributed by atoms with E-state index in [1.165, 1.54) is 0 Å². The molecule has 5 heteroatoms. The van der Waals surface area contributed by atoms with Crippen LogP contribution in [0.2, 0.25) is 0 Å². The number of hydrogen-bond donors (Lipinski definition) is 0. The van der Waals surface area contributed by atoms with Gasteiger partial charge in [-0.25, -0.2) is 4.79 Å². The van der Waals surface area contributed by atoms with Gasteiger partial charge in [0.05, 0.1) is 6.61 Å². The van der Waals surface area contributed by atoms with Crippen LogP contribution in [-0.2, 0) is 12.5 Å². The van der Waals surface area contributed by atoms with Gasteiger partial charge in [-0.1, -0.05) is 6.92 Å². The Morgan fingerprint density at radius 2 is 2.20 bits per heavy atom. The first kappa shape index (κ1) is 9.96. The first-order valence-electron chi connectivity index (χ1n) is 2.84. The minimum Gasteiger partial charge on any atom is -0.434 e. The molecule has 0 spiro atoms. The van der Waals surface area contributed by atoms with Crippen molar-refractivity contribution in [2.45, 2.75) is 13.3 Å². The summed E-state index contributed by atoms with van der Waals surface area (Å²) in [7, 11) is 0. The molecule has 0 aromatic rings. The first-order chi connectivity index (χ1) is 4.81. The van der Waals surface area contributed by atoms with Gasteiger partial charge in [-0.3, -0.25) is 3.07 Å². The summed E-state index contributed by atoms with van der Waals surface area (Å²) < 4.78 is 13.4. The molecule has 60 valence electrons. The van der Waals surface area contributed by atoms with Crippen molar-refractivity contribution < 1.29 is 17.3 Å². The quantitative estimate of drug-likeness (QED) is 0.439. The van der Waals surface area contributed by atoms with Crippen LogP contribution in [0.1, 0.15) is 13.3 Å². The van der Waals surface area contributed by atoms with E-state index in [2.05, 4.69) is 12.5 Å². The van der Waals surface area contributed by atoms with Crippen LogP contribution in [0.4, 0.5) is 4.79 Å². The summed E-state index contributed by atoms with van der Waals surface area (Å²) in [6.45, 7) is 2.23. The van der Waals surface area contributed by atoms with Gasteiger partial charge in [-0.2, -0.15) is 0 Å². The second kappa shape index (κ2) is 7.07. The van der Waals surface area contributed by atoms with Crippen LogP contribution in [-0.4, -0.2) is 19.6 Å². The van der Waals surface area contributed by atoms with Gasteiger partial charge in [0.15, 0.2) is 0 Å². The van der Waals surface area contributed by atoms with E-state index in [-0.39, 0.29) is 6.79 Å². The van der Waals surface area contributed by atoms with Crippen molar-refractivity contribution in [2.75, 3.05) is 13.4 Å². The van der Waals surface area contributed by atoms with Gasteiger partial charge in [0, 0.05) is 0 Å². The Bertz CT molecular complexity index is 85.6. The van der Waals surface area contributed by atoms with Gasteiger partial charge < -0.3 is 9.47 Å². The number of halogens is 1. The molecule has 0 aliphatic rings. The number of ether oxygens (including phenoxy) is 2. The van der Waals surface area contributed by atoms with Gasteiger partial charge in [0.25, 0.3) is 0 Å². The van der Waals surface area contributed by atoms with Gasteiger partial charge in [0.2, 0.25) is 6.79 Å². The lowest BCUT2D eigenvalue weighted by molar-refractivity contribution is 0.0191. The average molecular weight is 260 g/mol. The predicted molar refractivity (Wildman–Crippen MR) is 42.7 cm³/mol. The summed E-state index contributed by atoms with van der Waals surface area (Å²) in [6.07, 6.45) is 0.110. The molecule has 0 radical (unpaired) electrons. The highest BCUT2D eigenvalue weighted by Gasteiger charge is 2.00. The highest BCUT2D eigenvalue weighted by atomic mass is 127. The zero-order chi connectivity index (χ0) is 7.82. The van der Waals surface area contributed by atoms with E-state index >= 15 is 0 Å². The van der Waals surface area contributed by atoms with Crippen molar-refractivity contribution in [3.8, 4) is 0 Å². The maximum Gasteiger partial charge on any atom is 0.510 e. The molecule has 0 aliphatic heterocycles. The molecule has 0 bridgehead atoms. The zero-order valence-corrected chi connectivity index (χ0v) is 7.79. The average Bonchev–Trinajstić information content (AvgIpc) is 1.97. The van der Waals surface area contributed by atoms with E-state index in [0.29, 0.717) is 6.61 Å². The smallest absolute Gasteiger partial charge is 0.434 e. The fourth-order valence-electron chi connectivity index (χ4n) is 0.297. The lowest BCUT2D eigenvalue weighted by Crippen LogP contribution is -2.08. The Labute approximate surface area is 73.5 Å². The summed E-state index contributed by atoms with van der Waals surface area (Å²) in [5, 5.41) is 0. The molecule has 0 amide bonds. The summed E-state index contributed by atoms with van der Waals surface area (Å²) >= 11 is 1.63. The minimum absolute atomic E-state index is 0.0664. The Hall–Kier alpha value is -0.0400. The van der Waals surface area contributed by atoms with E-state index < -0.39 is 6.16 Å². The van der Waals surface area contributed by atoms with E-state index in [1.807, 2.05) is 6.92 Å². The number of carbonyl (C=O) groups excluding carboxylic acids is 1. The number of hydrogen-bond acceptors (Lipinski definition) is 4. The second-order valence-electron chi connectivity index (χ2n) is 1.47.